The van der Waals surface area contributed by atoms with Crippen LogP contribution >= 0.6 is 0 Å². The highest BCUT2D eigenvalue weighted by molar-refractivity contribution is 5.96. The molecule has 0 unspecified atom stereocenters. The number of carbonyl (C=O) groups is 2. The molecule has 0 atom stereocenters. The number of nitrogens with one attached hydrogen (secondary N) is 1. The first-order valence-electron chi connectivity index (χ1n) is 8.64. The topological polar surface area (TPSA) is 67.9 Å². The second-order valence-electron chi connectivity index (χ2n) is 6.22. The van der Waals surface area contributed by atoms with Crippen LogP contribution in [-0.4, -0.2) is 62.8 Å². The molecule has 9 heteroatoms. The van der Waals surface area contributed by atoms with Gasteiger partial charge in [-0.05, 0) is 25.0 Å². The first-order valence-corrected chi connectivity index (χ1v) is 8.64. The van der Waals surface area contributed by atoms with Crippen molar-refractivity contribution in [2.45, 2.75) is 25.1 Å². The number of methoxy groups -OCH3 is 1. The smallest absolute Gasteiger partial charge is 0.382 e. The number of alkyl halides is 3. The molecule has 1 aromatic rings. The molecule has 1 N–H and O–H groups in total. The lowest BCUT2D eigenvalue weighted by Gasteiger charge is -2.33. The Bertz CT molecular complexity index is 644. The van der Waals surface area contributed by atoms with Crippen molar-refractivity contribution >= 4 is 11.8 Å². The molecular weight excluding hydrogens is 365 g/mol. The van der Waals surface area contributed by atoms with E-state index in [1.165, 1.54) is 30.2 Å². The highest BCUT2D eigenvalue weighted by atomic mass is 19.4. The average Bonchev–Trinajstić information content (AvgIpc) is 2.64. The number of ether oxygens (including phenoxy) is 2. The lowest BCUT2D eigenvalue weighted by Crippen LogP contribution is -2.47. The molecule has 1 aliphatic heterocycles. The number of rotatable bonds is 7. The minimum absolute atomic E-state index is 0.0819. The molecule has 0 radical (unpaired) electrons. The largest absolute Gasteiger partial charge is 0.417 e. The summed E-state index contributed by atoms with van der Waals surface area (Å²) < 4.78 is 49.2. The van der Waals surface area contributed by atoms with Crippen LogP contribution in [0.15, 0.2) is 24.3 Å². The fraction of sp³-hybridized carbons (Fsp3) is 0.556. The zero-order chi connectivity index (χ0) is 19.9. The summed E-state index contributed by atoms with van der Waals surface area (Å²) in [5, 5.41) is 2.81. The molecule has 1 heterocycles. The molecule has 0 bridgehead atoms. The number of hydrogen-bond acceptors (Lipinski definition) is 4. The Kier molecular flexibility index (Phi) is 7.61. The summed E-state index contributed by atoms with van der Waals surface area (Å²) in [6, 6.07) is 4.64. The number of carbonyl (C=O) groups excluding carboxylic acids is 2. The van der Waals surface area contributed by atoms with Gasteiger partial charge in [-0.2, -0.15) is 13.2 Å². The van der Waals surface area contributed by atoms with Crippen molar-refractivity contribution in [1.82, 2.24) is 10.2 Å². The second kappa shape index (κ2) is 9.70. The highest BCUT2D eigenvalue weighted by Gasteiger charge is 2.36. The third kappa shape index (κ3) is 6.21. The summed E-state index contributed by atoms with van der Waals surface area (Å²) in [6.07, 6.45) is -3.63. The summed E-state index contributed by atoms with van der Waals surface area (Å²) in [5.41, 5.74) is -1.28. The summed E-state index contributed by atoms with van der Waals surface area (Å²) in [7, 11) is 1.53. The van der Waals surface area contributed by atoms with Gasteiger partial charge in [-0.25, -0.2) is 0 Å². The summed E-state index contributed by atoms with van der Waals surface area (Å²) >= 11 is 0. The molecule has 1 fully saturated rings. The van der Waals surface area contributed by atoms with Crippen molar-refractivity contribution in [1.29, 1.82) is 0 Å². The van der Waals surface area contributed by atoms with Crippen LogP contribution in [-0.2, 0) is 20.4 Å². The molecule has 1 aliphatic rings. The molecule has 0 aliphatic carbocycles. The molecule has 2 rings (SSSR count). The van der Waals surface area contributed by atoms with E-state index in [9.17, 15) is 22.8 Å². The van der Waals surface area contributed by atoms with E-state index in [0.717, 1.165) is 6.07 Å². The zero-order valence-corrected chi connectivity index (χ0v) is 15.1. The van der Waals surface area contributed by atoms with Crippen LogP contribution in [0.4, 0.5) is 13.2 Å². The van der Waals surface area contributed by atoms with E-state index < -0.39 is 17.6 Å². The van der Waals surface area contributed by atoms with E-state index in [-0.39, 0.29) is 37.2 Å². The van der Waals surface area contributed by atoms with E-state index >= 15 is 0 Å². The Morgan fingerprint density at radius 3 is 2.48 bits per heavy atom. The third-order valence-electron chi connectivity index (χ3n) is 4.28. The predicted octanol–water partition coefficient (Wildman–Crippen LogP) is 2.09. The van der Waals surface area contributed by atoms with Gasteiger partial charge < -0.3 is 19.7 Å². The Labute approximate surface area is 155 Å². The van der Waals surface area contributed by atoms with Crippen LogP contribution in [0.5, 0.6) is 0 Å². The van der Waals surface area contributed by atoms with Crippen molar-refractivity contribution < 1.29 is 32.2 Å². The third-order valence-corrected chi connectivity index (χ3v) is 4.28. The van der Waals surface area contributed by atoms with Crippen LogP contribution < -0.4 is 5.32 Å². The molecule has 0 aromatic heterocycles. The molecule has 2 amide bonds. The van der Waals surface area contributed by atoms with E-state index in [4.69, 9.17) is 9.47 Å². The number of nitrogens with zero attached hydrogens (tertiary/aromatic N) is 1. The number of halogens is 3. The SMILES string of the molecule is COCCOCC(=O)NC1CCN(C(=O)c2ccccc2C(F)(F)F)CC1. The van der Waals surface area contributed by atoms with Gasteiger partial charge >= 0.3 is 6.18 Å². The van der Waals surface area contributed by atoms with E-state index in [0.29, 0.717) is 26.1 Å². The molecule has 6 nitrogen and oxygen atoms in total. The minimum atomic E-state index is -4.58. The minimum Gasteiger partial charge on any atom is -0.382 e. The number of piperidine rings is 1. The quantitative estimate of drug-likeness (QED) is 0.727. The Morgan fingerprint density at radius 2 is 1.85 bits per heavy atom. The van der Waals surface area contributed by atoms with Crippen LogP contribution in [0.2, 0.25) is 0 Å². The van der Waals surface area contributed by atoms with Gasteiger partial charge in [0.1, 0.15) is 6.61 Å². The van der Waals surface area contributed by atoms with Crippen molar-refractivity contribution in [3.63, 3.8) is 0 Å². The van der Waals surface area contributed by atoms with Gasteiger partial charge in [0, 0.05) is 26.2 Å². The molecular formula is C18H23F3N2O4. The fourth-order valence-electron chi connectivity index (χ4n) is 2.89. The second-order valence-corrected chi connectivity index (χ2v) is 6.22. The molecule has 27 heavy (non-hydrogen) atoms. The van der Waals surface area contributed by atoms with Gasteiger partial charge in [-0.1, -0.05) is 12.1 Å². The molecule has 0 saturated carbocycles. The number of amides is 2. The van der Waals surface area contributed by atoms with Crippen LogP contribution in [0.3, 0.4) is 0 Å². The molecule has 150 valence electrons. The first-order chi connectivity index (χ1) is 12.8. The first kappa shape index (κ1) is 21.2. The summed E-state index contributed by atoms with van der Waals surface area (Å²) in [4.78, 5) is 25.7. The predicted molar refractivity (Wildman–Crippen MR) is 91.2 cm³/mol. The van der Waals surface area contributed by atoms with Gasteiger partial charge in [0.15, 0.2) is 0 Å². The zero-order valence-electron chi connectivity index (χ0n) is 15.1. The van der Waals surface area contributed by atoms with E-state index in [1.807, 2.05) is 0 Å². The van der Waals surface area contributed by atoms with Crippen molar-refractivity contribution in [3.05, 3.63) is 35.4 Å². The van der Waals surface area contributed by atoms with Gasteiger partial charge in [0.2, 0.25) is 5.91 Å². The van der Waals surface area contributed by atoms with Gasteiger partial charge in [-0.3, -0.25) is 9.59 Å². The maximum absolute atomic E-state index is 13.1. The number of benzene rings is 1. The number of likely N-dealkylation sites (tertiary alicyclic amines) is 1. The van der Waals surface area contributed by atoms with Crippen molar-refractivity contribution in [3.8, 4) is 0 Å². The average molecular weight is 388 g/mol. The monoisotopic (exact) mass is 388 g/mol. The fourth-order valence-corrected chi connectivity index (χ4v) is 2.89. The van der Waals surface area contributed by atoms with E-state index in [1.54, 1.807) is 0 Å². The number of hydrogen-bond donors (Lipinski definition) is 1. The van der Waals surface area contributed by atoms with Gasteiger partial charge in [0.05, 0.1) is 24.3 Å². The van der Waals surface area contributed by atoms with Crippen LogP contribution in [0.1, 0.15) is 28.8 Å². The van der Waals surface area contributed by atoms with Crippen molar-refractivity contribution in [2.75, 3.05) is 40.0 Å². The lowest BCUT2D eigenvalue weighted by atomic mass is 10.0. The molecule has 1 saturated heterocycles. The van der Waals surface area contributed by atoms with Crippen LogP contribution in [0.25, 0.3) is 0 Å². The maximum Gasteiger partial charge on any atom is 0.417 e. The van der Waals surface area contributed by atoms with E-state index in [2.05, 4.69) is 5.32 Å². The normalized spacial score (nSPS) is 15.6. The standard InChI is InChI=1S/C18H23F3N2O4/c1-26-10-11-27-12-16(24)22-13-6-8-23(9-7-13)17(25)14-4-2-3-5-15(14)18(19,20)21/h2-5,13H,6-12H2,1H3,(H,22,24). The van der Waals surface area contributed by atoms with Gasteiger partial charge in [-0.15, -0.1) is 0 Å². The Balaban J connectivity index is 1.85. The molecule has 0 spiro atoms. The summed E-state index contributed by atoms with van der Waals surface area (Å²) in [5.74, 6) is -0.908. The highest BCUT2D eigenvalue weighted by Crippen LogP contribution is 2.32. The van der Waals surface area contributed by atoms with Crippen LogP contribution in [0, 0.1) is 0 Å². The molecule has 1 aromatic carbocycles. The summed E-state index contributed by atoms with van der Waals surface area (Å²) in [6.45, 7) is 1.19. The Morgan fingerprint density at radius 1 is 1.19 bits per heavy atom. The van der Waals surface area contributed by atoms with Crippen molar-refractivity contribution in [2.24, 2.45) is 0 Å². The maximum atomic E-state index is 13.1. The lowest BCUT2D eigenvalue weighted by molar-refractivity contribution is -0.138. The van der Waals surface area contributed by atoms with Gasteiger partial charge in [0.25, 0.3) is 5.91 Å². The Hall–Kier alpha value is -2.13.